The van der Waals surface area contributed by atoms with Crippen LogP contribution >= 0.6 is 0 Å². The number of nitrogen functional groups attached to an aromatic ring is 1. The number of nitro groups is 1. The van der Waals surface area contributed by atoms with Crippen molar-refractivity contribution in [3.8, 4) is 0 Å². The number of carbonyl (C=O) groups is 1. The number of hydrogen-bond donors (Lipinski definition) is 2. The second-order valence-electron chi connectivity index (χ2n) is 4.91. The van der Waals surface area contributed by atoms with Crippen molar-refractivity contribution in [1.29, 1.82) is 0 Å². The van der Waals surface area contributed by atoms with Crippen LogP contribution in [0.15, 0.2) is 18.2 Å². The standard InChI is InChI=1S/C13H18N4O3/c14-8-10-3-1-2-6-16(10)13(18)11-7-9(17(19)20)4-5-12(11)15/h4-5,7,10H,1-3,6,8,14-15H2. The molecule has 0 radical (unpaired) electrons. The molecular weight excluding hydrogens is 260 g/mol. The third-order valence-corrected chi connectivity index (χ3v) is 3.64. The summed E-state index contributed by atoms with van der Waals surface area (Å²) in [5.74, 6) is -0.277. The first-order valence-electron chi connectivity index (χ1n) is 6.59. The van der Waals surface area contributed by atoms with E-state index in [1.807, 2.05) is 0 Å². The summed E-state index contributed by atoms with van der Waals surface area (Å²) in [6.07, 6.45) is 2.81. The van der Waals surface area contributed by atoms with Gasteiger partial charge in [0.2, 0.25) is 0 Å². The van der Waals surface area contributed by atoms with E-state index in [9.17, 15) is 14.9 Å². The van der Waals surface area contributed by atoms with E-state index < -0.39 is 4.92 Å². The van der Waals surface area contributed by atoms with Crippen LogP contribution < -0.4 is 11.5 Å². The molecule has 108 valence electrons. The molecule has 1 aromatic carbocycles. The average molecular weight is 278 g/mol. The SMILES string of the molecule is NCC1CCCCN1C(=O)c1cc([N+](=O)[O-])ccc1N. The predicted molar refractivity (Wildman–Crippen MR) is 75.2 cm³/mol. The normalized spacial score (nSPS) is 18.9. The highest BCUT2D eigenvalue weighted by Gasteiger charge is 2.28. The van der Waals surface area contributed by atoms with Crippen molar-refractivity contribution in [2.24, 2.45) is 5.73 Å². The number of likely N-dealkylation sites (tertiary alicyclic amines) is 1. The third-order valence-electron chi connectivity index (χ3n) is 3.64. The van der Waals surface area contributed by atoms with Crippen LogP contribution in [0.5, 0.6) is 0 Å². The van der Waals surface area contributed by atoms with Crippen molar-refractivity contribution in [3.63, 3.8) is 0 Å². The van der Waals surface area contributed by atoms with E-state index in [0.717, 1.165) is 19.3 Å². The van der Waals surface area contributed by atoms with Crippen LogP contribution in [-0.4, -0.2) is 34.9 Å². The van der Waals surface area contributed by atoms with Crippen molar-refractivity contribution in [3.05, 3.63) is 33.9 Å². The highest BCUT2D eigenvalue weighted by atomic mass is 16.6. The van der Waals surface area contributed by atoms with Crippen LogP contribution in [0.2, 0.25) is 0 Å². The Bertz CT molecular complexity index is 532. The number of anilines is 1. The number of carbonyl (C=O) groups excluding carboxylic acids is 1. The monoisotopic (exact) mass is 278 g/mol. The number of piperidine rings is 1. The van der Waals surface area contributed by atoms with E-state index in [-0.39, 0.29) is 28.9 Å². The Labute approximate surface area is 116 Å². The number of amides is 1. The summed E-state index contributed by atoms with van der Waals surface area (Å²) in [4.78, 5) is 24.5. The molecule has 0 aromatic heterocycles. The maximum absolute atomic E-state index is 12.5. The second-order valence-corrected chi connectivity index (χ2v) is 4.91. The first-order valence-corrected chi connectivity index (χ1v) is 6.59. The fourth-order valence-corrected chi connectivity index (χ4v) is 2.51. The molecule has 1 unspecified atom stereocenters. The number of benzene rings is 1. The molecule has 1 aromatic rings. The minimum Gasteiger partial charge on any atom is -0.398 e. The number of hydrogen-bond acceptors (Lipinski definition) is 5. The van der Waals surface area contributed by atoms with Gasteiger partial charge in [0.1, 0.15) is 0 Å². The highest BCUT2D eigenvalue weighted by molar-refractivity contribution is 6.00. The Morgan fingerprint density at radius 1 is 1.45 bits per heavy atom. The van der Waals surface area contributed by atoms with Crippen molar-refractivity contribution in [2.75, 3.05) is 18.8 Å². The summed E-state index contributed by atoms with van der Waals surface area (Å²) in [6, 6.07) is 3.91. The molecule has 0 saturated carbocycles. The molecule has 7 nitrogen and oxygen atoms in total. The van der Waals surface area contributed by atoms with E-state index in [4.69, 9.17) is 11.5 Å². The fraction of sp³-hybridized carbons (Fsp3) is 0.462. The van der Waals surface area contributed by atoms with Gasteiger partial charge in [-0.15, -0.1) is 0 Å². The lowest BCUT2D eigenvalue weighted by atomic mass is 10.0. The molecule has 1 amide bonds. The first-order chi connectivity index (χ1) is 9.54. The molecular formula is C13H18N4O3. The number of nitrogens with zero attached hydrogens (tertiary/aromatic N) is 2. The Hall–Kier alpha value is -2.15. The summed E-state index contributed by atoms with van der Waals surface area (Å²) < 4.78 is 0. The third kappa shape index (κ3) is 2.72. The molecule has 0 bridgehead atoms. The van der Waals surface area contributed by atoms with Gasteiger partial charge in [0, 0.05) is 37.0 Å². The van der Waals surface area contributed by atoms with Gasteiger partial charge >= 0.3 is 0 Å². The lowest BCUT2D eigenvalue weighted by molar-refractivity contribution is -0.384. The zero-order chi connectivity index (χ0) is 14.7. The molecule has 2 rings (SSSR count). The summed E-state index contributed by atoms with van der Waals surface area (Å²) in [5, 5.41) is 10.8. The highest BCUT2D eigenvalue weighted by Crippen LogP contribution is 2.24. The van der Waals surface area contributed by atoms with Crippen molar-refractivity contribution >= 4 is 17.3 Å². The molecule has 7 heteroatoms. The summed E-state index contributed by atoms with van der Waals surface area (Å²) in [7, 11) is 0. The molecule has 0 spiro atoms. The summed E-state index contributed by atoms with van der Waals surface area (Å²) >= 11 is 0. The first kappa shape index (κ1) is 14.3. The zero-order valence-electron chi connectivity index (χ0n) is 11.1. The van der Waals surface area contributed by atoms with Crippen LogP contribution in [0.4, 0.5) is 11.4 Å². The zero-order valence-corrected chi connectivity index (χ0v) is 11.1. The fourth-order valence-electron chi connectivity index (χ4n) is 2.51. The van der Waals surface area contributed by atoms with E-state index in [2.05, 4.69) is 0 Å². The molecule has 1 saturated heterocycles. The van der Waals surface area contributed by atoms with E-state index in [1.165, 1.54) is 18.2 Å². The predicted octanol–water partition coefficient (Wildman–Crippen LogP) is 1.13. The molecule has 20 heavy (non-hydrogen) atoms. The van der Waals surface area contributed by atoms with Gasteiger partial charge in [-0.1, -0.05) is 0 Å². The molecule has 1 fully saturated rings. The van der Waals surface area contributed by atoms with Gasteiger partial charge in [-0.05, 0) is 25.3 Å². The molecule has 1 atom stereocenters. The average Bonchev–Trinajstić information content (AvgIpc) is 2.46. The van der Waals surface area contributed by atoms with Gasteiger partial charge in [0.05, 0.1) is 10.5 Å². The minimum absolute atomic E-state index is 0.0186. The Kier molecular flexibility index (Phi) is 4.19. The second kappa shape index (κ2) is 5.87. The van der Waals surface area contributed by atoms with Crippen LogP contribution in [0.3, 0.4) is 0 Å². The van der Waals surface area contributed by atoms with Crippen LogP contribution in [-0.2, 0) is 0 Å². The number of non-ortho nitro benzene ring substituents is 1. The van der Waals surface area contributed by atoms with Crippen molar-refractivity contribution < 1.29 is 9.72 Å². The maximum Gasteiger partial charge on any atom is 0.270 e. The van der Waals surface area contributed by atoms with Crippen LogP contribution in [0.25, 0.3) is 0 Å². The van der Waals surface area contributed by atoms with E-state index in [1.54, 1.807) is 4.90 Å². The van der Waals surface area contributed by atoms with E-state index >= 15 is 0 Å². The van der Waals surface area contributed by atoms with Crippen molar-refractivity contribution in [1.82, 2.24) is 4.90 Å². The number of nitro benzene ring substituents is 1. The van der Waals surface area contributed by atoms with Crippen LogP contribution in [0.1, 0.15) is 29.6 Å². The van der Waals surface area contributed by atoms with Gasteiger partial charge in [-0.25, -0.2) is 0 Å². The van der Waals surface area contributed by atoms with Gasteiger partial charge in [0.15, 0.2) is 0 Å². The Morgan fingerprint density at radius 2 is 2.20 bits per heavy atom. The Balaban J connectivity index is 2.32. The van der Waals surface area contributed by atoms with Gasteiger partial charge in [-0.3, -0.25) is 14.9 Å². The Morgan fingerprint density at radius 3 is 2.85 bits per heavy atom. The maximum atomic E-state index is 12.5. The smallest absolute Gasteiger partial charge is 0.270 e. The minimum atomic E-state index is -0.535. The largest absolute Gasteiger partial charge is 0.398 e. The number of nitrogens with two attached hydrogens (primary N) is 2. The van der Waals surface area contributed by atoms with E-state index in [0.29, 0.717) is 13.1 Å². The molecule has 0 aliphatic carbocycles. The molecule has 1 heterocycles. The molecule has 1 aliphatic rings. The molecule has 1 aliphatic heterocycles. The summed E-state index contributed by atoms with van der Waals surface area (Å²) in [6.45, 7) is 1.00. The van der Waals surface area contributed by atoms with Crippen molar-refractivity contribution in [2.45, 2.75) is 25.3 Å². The topological polar surface area (TPSA) is 115 Å². The van der Waals surface area contributed by atoms with Gasteiger partial charge in [0.25, 0.3) is 11.6 Å². The van der Waals surface area contributed by atoms with Gasteiger partial charge in [-0.2, -0.15) is 0 Å². The molecule has 4 N–H and O–H groups in total. The lowest BCUT2D eigenvalue weighted by Crippen LogP contribution is -2.47. The quantitative estimate of drug-likeness (QED) is 0.488. The van der Waals surface area contributed by atoms with Crippen LogP contribution in [0, 0.1) is 10.1 Å². The number of rotatable bonds is 3. The summed E-state index contributed by atoms with van der Waals surface area (Å²) in [5.41, 5.74) is 11.8. The lowest BCUT2D eigenvalue weighted by Gasteiger charge is -2.35. The van der Waals surface area contributed by atoms with Gasteiger partial charge < -0.3 is 16.4 Å².